The summed E-state index contributed by atoms with van der Waals surface area (Å²) in [4.78, 5) is 6.72. The van der Waals surface area contributed by atoms with Crippen LogP contribution in [0.15, 0.2) is 42.6 Å². The van der Waals surface area contributed by atoms with Gasteiger partial charge in [0, 0.05) is 25.0 Å². The van der Waals surface area contributed by atoms with Crippen LogP contribution in [-0.4, -0.2) is 11.5 Å². The van der Waals surface area contributed by atoms with Crippen molar-refractivity contribution in [2.75, 3.05) is 11.4 Å². The van der Waals surface area contributed by atoms with E-state index in [1.54, 1.807) is 0 Å². The molecule has 92 valence electrons. The quantitative estimate of drug-likeness (QED) is 0.876. The summed E-state index contributed by atoms with van der Waals surface area (Å²) in [5.41, 5.74) is 10.6. The van der Waals surface area contributed by atoms with Crippen LogP contribution in [0, 0.1) is 0 Å². The fourth-order valence-corrected chi connectivity index (χ4v) is 2.62. The van der Waals surface area contributed by atoms with Gasteiger partial charge in [0.15, 0.2) is 0 Å². The molecule has 1 aromatic carbocycles. The van der Waals surface area contributed by atoms with Crippen LogP contribution in [0.25, 0.3) is 0 Å². The summed E-state index contributed by atoms with van der Waals surface area (Å²) in [5.74, 6) is 0. The lowest BCUT2D eigenvalue weighted by Gasteiger charge is -2.32. The van der Waals surface area contributed by atoms with Crippen molar-refractivity contribution in [1.29, 1.82) is 0 Å². The Kier molecular flexibility index (Phi) is 2.99. The lowest BCUT2D eigenvalue weighted by molar-refractivity contribution is 0.760. The van der Waals surface area contributed by atoms with E-state index in [2.05, 4.69) is 40.2 Å². The third kappa shape index (κ3) is 1.87. The van der Waals surface area contributed by atoms with Gasteiger partial charge in [-0.1, -0.05) is 18.2 Å². The Morgan fingerprint density at radius 3 is 2.83 bits per heavy atom. The number of fused-ring (bicyclic) bond motifs is 1. The number of rotatable bonds is 2. The van der Waals surface area contributed by atoms with Gasteiger partial charge >= 0.3 is 0 Å². The lowest BCUT2D eigenvalue weighted by Crippen LogP contribution is -2.26. The molecule has 0 spiro atoms. The van der Waals surface area contributed by atoms with Crippen molar-refractivity contribution in [2.24, 2.45) is 5.73 Å². The second kappa shape index (κ2) is 4.78. The average molecular weight is 239 g/mol. The summed E-state index contributed by atoms with van der Waals surface area (Å²) in [5, 5.41) is 0. The van der Waals surface area contributed by atoms with Gasteiger partial charge in [0.2, 0.25) is 0 Å². The van der Waals surface area contributed by atoms with Gasteiger partial charge < -0.3 is 10.6 Å². The fraction of sp³-hybridized carbons (Fsp3) is 0.267. The van der Waals surface area contributed by atoms with Crippen molar-refractivity contribution >= 4 is 11.4 Å². The summed E-state index contributed by atoms with van der Waals surface area (Å²) < 4.78 is 0. The Morgan fingerprint density at radius 1 is 1.11 bits per heavy atom. The first kappa shape index (κ1) is 11.2. The summed E-state index contributed by atoms with van der Waals surface area (Å²) in [6.45, 7) is 1.52. The number of nitrogens with two attached hydrogens (primary N) is 1. The summed E-state index contributed by atoms with van der Waals surface area (Å²) in [6.07, 6.45) is 4.14. The molecule has 2 N–H and O–H groups in total. The van der Waals surface area contributed by atoms with E-state index < -0.39 is 0 Å². The number of aryl methyl sites for hydroxylation is 1. The monoisotopic (exact) mass is 239 g/mol. The van der Waals surface area contributed by atoms with E-state index >= 15 is 0 Å². The molecular formula is C15H17N3. The second-order valence-electron chi connectivity index (χ2n) is 4.56. The van der Waals surface area contributed by atoms with Gasteiger partial charge in [0.1, 0.15) is 0 Å². The van der Waals surface area contributed by atoms with E-state index in [1.807, 2.05) is 12.3 Å². The molecule has 0 radical (unpaired) electrons. The first-order valence-corrected chi connectivity index (χ1v) is 6.39. The van der Waals surface area contributed by atoms with Crippen LogP contribution in [0.3, 0.4) is 0 Å². The van der Waals surface area contributed by atoms with E-state index in [4.69, 9.17) is 5.73 Å². The van der Waals surface area contributed by atoms with Gasteiger partial charge in [-0.05, 0) is 36.6 Å². The van der Waals surface area contributed by atoms with Crippen molar-refractivity contribution in [3.05, 3.63) is 53.9 Å². The highest BCUT2D eigenvalue weighted by Gasteiger charge is 2.19. The highest BCUT2D eigenvalue weighted by Crippen LogP contribution is 2.34. The molecule has 0 atom stereocenters. The molecule has 3 rings (SSSR count). The number of aromatic nitrogens is 1. The summed E-state index contributed by atoms with van der Waals surface area (Å²) >= 11 is 0. The third-order valence-electron chi connectivity index (χ3n) is 3.46. The minimum absolute atomic E-state index is 0.481. The fourth-order valence-electron chi connectivity index (χ4n) is 2.62. The second-order valence-corrected chi connectivity index (χ2v) is 4.56. The van der Waals surface area contributed by atoms with E-state index in [0.717, 1.165) is 24.3 Å². The minimum Gasteiger partial charge on any atom is -0.340 e. The molecule has 3 heteroatoms. The zero-order chi connectivity index (χ0) is 12.4. The molecule has 18 heavy (non-hydrogen) atoms. The molecule has 0 unspecified atom stereocenters. The van der Waals surface area contributed by atoms with Crippen LogP contribution in [0.2, 0.25) is 0 Å². The first-order valence-electron chi connectivity index (χ1n) is 6.39. The average Bonchev–Trinajstić information content (AvgIpc) is 2.46. The van der Waals surface area contributed by atoms with Crippen molar-refractivity contribution in [3.8, 4) is 0 Å². The molecule has 0 amide bonds. The molecular weight excluding hydrogens is 222 g/mol. The van der Waals surface area contributed by atoms with Crippen molar-refractivity contribution in [3.63, 3.8) is 0 Å². The molecule has 0 saturated carbocycles. The summed E-state index contributed by atoms with van der Waals surface area (Å²) in [7, 11) is 0. The van der Waals surface area contributed by atoms with Crippen molar-refractivity contribution < 1.29 is 0 Å². The van der Waals surface area contributed by atoms with Crippen LogP contribution in [0.1, 0.15) is 17.7 Å². The van der Waals surface area contributed by atoms with E-state index in [0.29, 0.717) is 6.54 Å². The molecule has 1 aliphatic heterocycles. The standard InChI is InChI=1S/C15H17N3/c16-11-13-15(8-3-9-17-13)18-10-4-6-12-5-1-2-7-14(12)18/h1-3,5,7-9H,4,6,10-11,16H2. The molecule has 3 nitrogen and oxygen atoms in total. The van der Waals surface area contributed by atoms with Crippen molar-refractivity contribution in [1.82, 2.24) is 4.98 Å². The maximum Gasteiger partial charge on any atom is 0.0775 e. The van der Waals surface area contributed by atoms with Gasteiger partial charge in [-0.15, -0.1) is 0 Å². The molecule has 0 fully saturated rings. The van der Waals surface area contributed by atoms with E-state index in [9.17, 15) is 0 Å². The topological polar surface area (TPSA) is 42.1 Å². The number of anilines is 2. The van der Waals surface area contributed by atoms with Gasteiger partial charge in [0.25, 0.3) is 0 Å². The third-order valence-corrected chi connectivity index (χ3v) is 3.46. The Bertz CT molecular complexity index is 551. The van der Waals surface area contributed by atoms with Gasteiger partial charge in [-0.25, -0.2) is 0 Å². The van der Waals surface area contributed by atoms with E-state index in [-0.39, 0.29) is 0 Å². The van der Waals surface area contributed by atoms with Crippen LogP contribution in [-0.2, 0) is 13.0 Å². The molecule has 0 aliphatic carbocycles. The Labute approximate surface area is 107 Å². The number of hydrogen-bond donors (Lipinski definition) is 1. The largest absolute Gasteiger partial charge is 0.340 e. The van der Waals surface area contributed by atoms with E-state index in [1.165, 1.54) is 17.7 Å². The zero-order valence-electron chi connectivity index (χ0n) is 10.3. The highest BCUT2D eigenvalue weighted by molar-refractivity contribution is 5.69. The molecule has 1 aliphatic rings. The lowest BCUT2D eigenvalue weighted by atomic mass is 10.0. The Hall–Kier alpha value is -1.87. The number of benzene rings is 1. The molecule has 0 bridgehead atoms. The molecule has 0 saturated heterocycles. The van der Waals surface area contributed by atoms with Gasteiger partial charge in [0.05, 0.1) is 11.4 Å². The number of pyridine rings is 1. The smallest absolute Gasteiger partial charge is 0.0775 e. The number of hydrogen-bond acceptors (Lipinski definition) is 3. The van der Waals surface area contributed by atoms with Crippen LogP contribution >= 0.6 is 0 Å². The Morgan fingerprint density at radius 2 is 1.94 bits per heavy atom. The Balaban J connectivity index is 2.08. The van der Waals surface area contributed by atoms with Crippen molar-refractivity contribution in [2.45, 2.75) is 19.4 Å². The number of para-hydroxylation sites is 1. The van der Waals surface area contributed by atoms with Crippen LogP contribution in [0.5, 0.6) is 0 Å². The predicted molar refractivity (Wildman–Crippen MR) is 73.9 cm³/mol. The normalized spacial score (nSPS) is 14.4. The highest BCUT2D eigenvalue weighted by atomic mass is 15.2. The minimum atomic E-state index is 0.481. The van der Waals surface area contributed by atoms with Gasteiger partial charge in [-0.3, -0.25) is 4.98 Å². The molecule has 1 aromatic heterocycles. The maximum absolute atomic E-state index is 5.79. The predicted octanol–water partition coefficient (Wildman–Crippen LogP) is 2.62. The zero-order valence-corrected chi connectivity index (χ0v) is 10.3. The number of nitrogens with zero attached hydrogens (tertiary/aromatic N) is 2. The maximum atomic E-state index is 5.79. The van der Waals surface area contributed by atoms with Gasteiger partial charge in [-0.2, -0.15) is 0 Å². The molecule has 2 aromatic rings. The molecule has 2 heterocycles. The van der Waals surface area contributed by atoms with Crippen LogP contribution < -0.4 is 10.6 Å². The van der Waals surface area contributed by atoms with Crippen LogP contribution in [0.4, 0.5) is 11.4 Å². The summed E-state index contributed by atoms with van der Waals surface area (Å²) in [6, 6.07) is 12.7. The SMILES string of the molecule is NCc1ncccc1N1CCCc2ccccc21. The first-order chi connectivity index (χ1) is 8.90.